The van der Waals surface area contributed by atoms with E-state index in [-0.39, 0.29) is 5.91 Å². The Balaban J connectivity index is 2.16. The first-order valence-electron chi connectivity index (χ1n) is 6.20. The Morgan fingerprint density at radius 3 is 2.95 bits per heavy atom. The highest BCUT2D eigenvalue weighted by molar-refractivity contribution is 7.21. The van der Waals surface area contributed by atoms with Crippen molar-refractivity contribution in [2.45, 2.75) is 13.5 Å². The molecule has 20 heavy (non-hydrogen) atoms. The van der Waals surface area contributed by atoms with Crippen LogP contribution in [0.1, 0.15) is 21.1 Å². The van der Waals surface area contributed by atoms with Crippen molar-refractivity contribution in [1.29, 1.82) is 0 Å². The second-order valence-electron chi connectivity index (χ2n) is 4.48. The molecule has 3 N–H and O–H groups in total. The Bertz CT molecular complexity index is 774. The first kappa shape index (κ1) is 12.8. The Kier molecular flexibility index (Phi) is 3.25. The number of carbonyl (C=O) groups excluding carboxylic acids is 1. The van der Waals surface area contributed by atoms with E-state index in [0.717, 1.165) is 21.5 Å². The Morgan fingerprint density at radius 2 is 2.25 bits per heavy atom. The van der Waals surface area contributed by atoms with Crippen LogP contribution < -0.4 is 11.3 Å². The van der Waals surface area contributed by atoms with Crippen LogP contribution in [0.4, 0.5) is 0 Å². The molecule has 0 aliphatic rings. The van der Waals surface area contributed by atoms with Crippen LogP contribution in [-0.2, 0) is 6.54 Å². The lowest BCUT2D eigenvalue weighted by molar-refractivity contribution is 0.0957. The van der Waals surface area contributed by atoms with E-state index in [1.807, 2.05) is 42.0 Å². The number of rotatable bonds is 3. The number of thiophene rings is 1. The molecule has 0 saturated heterocycles. The third-order valence-electron chi connectivity index (χ3n) is 3.29. The van der Waals surface area contributed by atoms with Gasteiger partial charge in [0.15, 0.2) is 0 Å². The molecule has 0 radical (unpaired) electrons. The summed E-state index contributed by atoms with van der Waals surface area (Å²) in [4.78, 5) is 16.8. The number of benzene rings is 1. The standard InChI is InChI=1S/C14H14N4OS/c1-9-16-6-7-18(9)8-11-10-4-2-3-5-12(10)20-13(11)14(19)17-15/h2-7H,8,15H2,1H3,(H,17,19). The molecule has 0 spiro atoms. The summed E-state index contributed by atoms with van der Waals surface area (Å²) >= 11 is 1.46. The minimum atomic E-state index is -0.251. The number of hydrogen-bond acceptors (Lipinski definition) is 4. The van der Waals surface area contributed by atoms with Gasteiger partial charge in [-0.2, -0.15) is 0 Å². The van der Waals surface area contributed by atoms with Gasteiger partial charge in [0.2, 0.25) is 0 Å². The monoisotopic (exact) mass is 286 g/mol. The zero-order valence-electron chi connectivity index (χ0n) is 11.0. The van der Waals surface area contributed by atoms with Crippen LogP contribution in [0.5, 0.6) is 0 Å². The van der Waals surface area contributed by atoms with Gasteiger partial charge in [0.25, 0.3) is 5.91 Å². The van der Waals surface area contributed by atoms with Crippen LogP contribution in [0.2, 0.25) is 0 Å². The molecular formula is C14H14N4OS. The minimum Gasteiger partial charge on any atom is -0.331 e. The molecule has 102 valence electrons. The van der Waals surface area contributed by atoms with E-state index in [4.69, 9.17) is 5.84 Å². The van der Waals surface area contributed by atoms with Crippen LogP contribution in [0, 0.1) is 6.92 Å². The number of amides is 1. The van der Waals surface area contributed by atoms with Crippen molar-refractivity contribution in [2.75, 3.05) is 0 Å². The second-order valence-corrected chi connectivity index (χ2v) is 5.53. The number of aromatic nitrogens is 2. The van der Waals surface area contributed by atoms with Gasteiger partial charge in [0.1, 0.15) is 5.82 Å². The van der Waals surface area contributed by atoms with Crippen LogP contribution >= 0.6 is 11.3 Å². The van der Waals surface area contributed by atoms with Crippen molar-refractivity contribution in [1.82, 2.24) is 15.0 Å². The highest BCUT2D eigenvalue weighted by Crippen LogP contribution is 2.32. The van der Waals surface area contributed by atoms with Gasteiger partial charge in [0.05, 0.1) is 11.4 Å². The molecule has 0 atom stereocenters. The van der Waals surface area contributed by atoms with E-state index < -0.39 is 0 Å². The predicted octanol–water partition coefficient (Wildman–Crippen LogP) is 2.06. The van der Waals surface area contributed by atoms with Crippen molar-refractivity contribution < 1.29 is 4.79 Å². The normalized spacial score (nSPS) is 10.9. The smallest absolute Gasteiger partial charge is 0.275 e. The Hall–Kier alpha value is -2.18. The zero-order valence-corrected chi connectivity index (χ0v) is 11.8. The number of fused-ring (bicyclic) bond motifs is 1. The number of imidazole rings is 1. The van der Waals surface area contributed by atoms with Gasteiger partial charge in [-0.1, -0.05) is 18.2 Å². The summed E-state index contributed by atoms with van der Waals surface area (Å²) in [5.41, 5.74) is 3.20. The average molecular weight is 286 g/mol. The Morgan fingerprint density at radius 1 is 1.45 bits per heavy atom. The quantitative estimate of drug-likeness (QED) is 0.440. The molecule has 3 aromatic rings. The zero-order chi connectivity index (χ0) is 14.1. The number of hydrogen-bond donors (Lipinski definition) is 2. The number of nitrogens with zero attached hydrogens (tertiary/aromatic N) is 2. The van der Waals surface area contributed by atoms with Crippen molar-refractivity contribution >= 4 is 27.3 Å². The van der Waals surface area contributed by atoms with Gasteiger partial charge in [-0.3, -0.25) is 10.2 Å². The van der Waals surface area contributed by atoms with Crippen LogP contribution in [-0.4, -0.2) is 15.5 Å². The van der Waals surface area contributed by atoms with E-state index >= 15 is 0 Å². The molecular weight excluding hydrogens is 272 g/mol. The van der Waals surface area contributed by atoms with Gasteiger partial charge in [-0.05, 0) is 18.4 Å². The van der Waals surface area contributed by atoms with Gasteiger partial charge in [-0.15, -0.1) is 11.3 Å². The lowest BCUT2D eigenvalue weighted by atomic mass is 10.1. The summed E-state index contributed by atoms with van der Waals surface area (Å²) in [5.74, 6) is 5.95. The minimum absolute atomic E-state index is 0.251. The molecule has 0 aliphatic carbocycles. The summed E-state index contributed by atoms with van der Waals surface area (Å²) in [6, 6.07) is 7.98. The molecule has 1 aromatic carbocycles. The van der Waals surface area contributed by atoms with E-state index in [1.165, 1.54) is 11.3 Å². The lowest BCUT2D eigenvalue weighted by Crippen LogP contribution is -2.30. The van der Waals surface area contributed by atoms with Crippen LogP contribution in [0.25, 0.3) is 10.1 Å². The van der Waals surface area contributed by atoms with E-state index in [0.29, 0.717) is 11.4 Å². The molecule has 0 aliphatic heterocycles. The van der Waals surface area contributed by atoms with E-state index in [1.54, 1.807) is 6.20 Å². The summed E-state index contributed by atoms with van der Waals surface area (Å²) in [6.45, 7) is 2.55. The van der Waals surface area contributed by atoms with E-state index in [9.17, 15) is 4.79 Å². The van der Waals surface area contributed by atoms with E-state index in [2.05, 4.69) is 10.4 Å². The number of nitrogens with one attached hydrogen (secondary N) is 1. The first-order valence-corrected chi connectivity index (χ1v) is 7.01. The molecule has 5 nitrogen and oxygen atoms in total. The van der Waals surface area contributed by atoms with Gasteiger partial charge in [0, 0.05) is 22.7 Å². The molecule has 0 saturated carbocycles. The second kappa shape index (κ2) is 5.07. The van der Waals surface area contributed by atoms with Gasteiger partial charge >= 0.3 is 0 Å². The molecule has 6 heteroatoms. The Labute approximate surface area is 120 Å². The third kappa shape index (κ3) is 2.09. The summed E-state index contributed by atoms with van der Waals surface area (Å²) < 4.78 is 3.10. The number of aryl methyl sites for hydroxylation is 1. The highest BCUT2D eigenvalue weighted by Gasteiger charge is 2.18. The topological polar surface area (TPSA) is 72.9 Å². The SMILES string of the molecule is Cc1nccn1Cc1c(C(=O)NN)sc2ccccc12. The molecule has 2 aromatic heterocycles. The lowest BCUT2D eigenvalue weighted by Gasteiger charge is -2.07. The number of carbonyl (C=O) groups is 1. The summed E-state index contributed by atoms with van der Waals surface area (Å²) in [6.07, 6.45) is 3.67. The molecule has 0 unspecified atom stereocenters. The number of nitrogens with two attached hydrogens (primary N) is 1. The van der Waals surface area contributed by atoms with Crippen molar-refractivity contribution in [3.8, 4) is 0 Å². The number of hydrazine groups is 1. The van der Waals surface area contributed by atoms with Crippen LogP contribution in [0.3, 0.4) is 0 Å². The van der Waals surface area contributed by atoms with Crippen molar-refractivity contribution in [2.24, 2.45) is 5.84 Å². The summed E-state index contributed by atoms with van der Waals surface area (Å²) in [5, 5.41) is 1.09. The maximum atomic E-state index is 12.0. The molecule has 2 heterocycles. The van der Waals surface area contributed by atoms with Gasteiger partial charge in [-0.25, -0.2) is 10.8 Å². The average Bonchev–Trinajstić information content (AvgIpc) is 3.03. The fourth-order valence-corrected chi connectivity index (χ4v) is 3.36. The molecule has 0 fully saturated rings. The first-order chi connectivity index (χ1) is 9.70. The summed E-state index contributed by atoms with van der Waals surface area (Å²) in [7, 11) is 0. The predicted molar refractivity (Wildman–Crippen MR) is 79.5 cm³/mol. The number of nitrogen functional groups attached to an aromatic ring is 1. The molecule has 3 rings (SSSR count). The molecule has 1 amide bonds. The fraction of sp³-hybridized carbons (Fsp3) is 0.143. The largest absolute Gasteiger partial charge is 0.331 e. The maximum Gasteiger partial charge on any atom is 0.275 e. The van der Waals surface area contributed by atoms with Crippen molar-refractivity contribution in [3.63, 3.8) is 0 Å². The van der Waals surface area contributed by atoms with Gasteiger partial charge < -0.3 is 4.57 Å². The maximum absolute atomic E-state index is 12.0. The molecule has 0 bridgehead atoms. The third-order valence-corrected chi connectivity index (χ3v) is 4.50. The van der Waals surface area contributed by atoms with Crippen LogP contribution in [0.15, 0.2) is 36.7 Å². The highest BCUT2D eigenvalue weighted by atomic mass is 32.1. The van der Waals surface area contributed by atoms with Crippen molar-refractivity contribution in [3.05, 3.63) is 52.9 Å². The fourth-order valence-electron chi connectivity index (χ4n) is 2.25.